The van der Waals surface area contributed by atoms with Crippen molar-refractivity contribution in [1.29, 1.82) is 0 Å². The molecule has 0 radical (unpaired) electrons. The van der Waals surface area contributed by atoms with Gasteiger partial charge in [-0.1, -0.05) is 36.4 Å². The number of allylic oxidation sites excluding steroid dienone is 1. The van der Waals surface area contributed by atoms with Crippen LogP contribution in [0.15, 0.2) is 47.9 Å². The van der Waals surface area contributed by atoms with E-state index < -0.39 is 5.83 Å². The molecular weight excluding hydrogens is 191 g/mol. The smallest absolute Gasteiger partial charge is 0.156 e. The van der Waals surface area contributed by atoms with E-state index in [1.54, 1.807) is 0 Å². The summed E-state index contributed by atoms with van der Waals surface area (Å²) in [6.45, 7) is 5.72. The van der Waals surface area contributed by atoms with Gasteiger partial charge in [0.2, 0.25) is 0 Å². The summed E-state index contributed by atoms with van der Waals surface area (Å²) >= 11 is 0. The van der Waals surface area contributed by atoms with Crippen LogP contribution in [0, 0.1) is 6.92 Å². The Balaban J connectivity index is 2.78. The second kappa shape index (κ2) is 5.10. The van der Waals surface area contributed by atoms with E-state index in [1.807, 2.05) is 31.2 Å². The van der Waals surface area contributed by atoms with Gasteiger partial charge in [-0.3, -0.25) is 4.99 Å². The molecule has 0 unspecified atom stereocenters. The number of hydrogen-bond acceptors (Lipinski definition) is 2. The van der Waals surface area contributed by atoms with Crippen molar-refractivity contribution in [1.82, 2.24) is 0 Å². The van der Waals surface area contributed by atoms with Crippen LogP contribution in [-0.2, 0) is 0 Å². The summed E-state index contributed by atoms with van der Waals surface area (Å²) in [6, 6.07) is 7.68. The standard InChI is InChI=1S/C12H13FN2/c1-9-3-5-11(6-4-9)10(2)15-8-12(13)7-14/h3-8H,2,14H2,1H3/b12-7+,15-8-. The first-order valence-electron chi connectivity index (χ1n) is 4.51. The van der Waals surface area contributed by atoms with Gasteiger partial charge in [0.15, 0.2) is 5.83 Å². The summed E-state index contributed by atoms with van der Waals surface area (Å²) in [5.74, 6) is -0.580. The third kappa shape index (κ3) is 3.38. The summed E-state index contributed by atoms with van der Waals surface area (Å²) in [5.41, 5.74) is 7.48. The molecule has 2 N–H and O–H groups in total. The molecule has 1 aromatic carbocycles. The highest BCUT2D eigenvalue weighted by Gasteiger charge is 1.95. The predicted molar refractivity (Wildman–Crippen MR) is 62.1 cm³/mol. The maximum Gasteiger partial charge on any atom is 0.156 e. The van der Waals surface area contributed by atoms with Gasteiger partial charge in [-0.05, 0) is 12.5 Å². The average Bonchev–Trinajstić information content (AvgIpc) is 2.26. The first-order chi connectivity index (χ1) is 7.13. The van der Waals surface area contributed by atoms with E-state index in [1.165, 1.54) is 0 Å². The predicted octanol–water partition coefficient (Wildman–Crippen LogP) is 2.81. The van der Waals surface area contributed by atoms with Gasteiger partial charge in [-0.15, -0.1) is 0 Å². The van der Waals surface area contributed by atoms with Crippen molar-refractivity contribution in [3.8, 4) is 0 Å². The third-order valence-corrected chi connectivity index (χ3v) is 1.89. The van der Waals surface area contributed by atoms with Gasteiger partial charge in [0.1, 0.15) is 0 Å². The number of nitrogens with zero attached hydrogens (tertiary/aromatic N) is 1. The molecule has 0 atom stereocenters. The molecule has 0 aromatic heterocycles. The van der Waals surface area contributed by atoms with Crippen LogP contribution in [-0.4, -0.2) is 6.21 Å². The Hall–Kier alpha value is -1.90. The van der Waals surface area contributed by atoms with Crippen molar-refractivity contribution in [2.45, 2.75) is 6.92 Å². The maximum absolute atomic E-state index is 12.6. The summed E-state index contributed by atoms with van der Waals surface area (Å²) in [6.07, 6.45) is 1.90. The molecule has 2 nitrogen and oxygen atoms in total. The van der Waals surface area contributed by atoms with E-state index >= 15 is 0 Å². The van der Waals surface area contributed by atoms with E-state index in [9.17, 15) is 4.39 Å². The highest BCUT2D eigenvalue weighted by molar-refractivity contribution is 5.82. The molecule has 1 aromatic rings. The molecule has 78 valence electrons. The topological polar surface area (TPSA) is 38.4 Å². The fourth-order valence-corrected chi connectivity index (χ4v) is 1.00. The van der Waals surface area contributed by atoms with Crippen LogP contribution in [0.4, 0.5) is 4.39 Å². The van der Waals surface area contributed by atoms with Gasteiger partial charge in [0.25, 0.3) is 0 Å². The normalized spacial score (nSPS) is 12.0. The van der Waals surface area contributed by atoms with Crippen LogP contribution < -0.4 is 5.73 Å². The molecule has 0 heterocycles. The van der Waals surface area contributed by atoms with E-state index in [-0.39, 0.29) is 0 Å². The van der Waals surface area contributed by atoms with Gasteiger partial charge < -0.3 is 5.73 Å². The second-order valence-corrected chi connectivity index (χ2v) is 3.12. The number of hydrogen-bond donors (Lipinski definition) is 1. The molecular formula is C12H13FN2. The number of aryl methyl sites for hydroxylation is 1. The first-order valence-corrected chi connectivity index (χ1v) is 4.51. The first kappa shape index (κ1) is 11.2. The second-order valence-electron chi connectivity index (χ2n) is 3.12. The van der Waals surface area contributed by atoms with Gasteiger partial charge in [0.05, 0.1) is 11.9 Å². The van der Waals surface area contributed by atoms with Crippen molar-refractivity contribution in [3.63, 3.8) is 0 Å². The fourth-order valence-electron chi connectivity index (χ4n) is 1.00. The summed E-state index contributed by atoms with van der Waals surface area (Å²) in [5, 5.41) is 0. The van der Waals surface area contributed by atoms with Crippen LogP contribution in [0.2, 0.25) is 0 Å². The van der Waals surface area contributed by atoms with E-state index in [2.05, 4.69) is 11.6 Å². The maximum atomic E-state index is 12.6. The van der Waals surface area contributed by atoms with Crippen molar-refractivity contribution in [3.05, 3.63) is 54.0 Å². The van der Waals surface area contributed by atoms with Crippen molar-refractivity contribution >= 4 is 11.9 Å². The molecule has 0 aliphatic heterocycles. The SMILES string of the molecule is C=C(/N=C\C(F)=C/N)c1ccc(C)cc1. The van der Waals surface area contributed by atoms with Crippen LogP contribution in [0.5, 0.6) is 0 Å². The Morgan fingerprint density at radius 1 is 1.40 bits per heavy atom. The number of rotatable bonds is 3. The lowest BCUT2D eigenvalue weighted by Gasteiger charge is -1.99. The lowest BCUT2D eigenvalue weighted by molar-refractivity contribution is 0.683. The number of halogens is 1. The Morgan fingerprint density at radius 2 is 2.00 bits per heavy atom. The molecule has 15 heavy (non-hydrogen) atoms. The van der Waals surface area contributed by atoms with Gasteiger partial charge in [-0.25, -0.2) is 4.39 Å². The number of nitrogens with two attached hydrogens (primary N) is 1. The molecule has 0 spiro atoms. The average molecular weight is 204 g/mol. The molecule has 3 heteroatoms. The summed E-state index contributed by atoms with van der Waals surface area (Å²) < 4.78 is 12.6. The van der Waals surface area contributed by atoms with Crippen molar-refractivity contribution < 1.29 is 4.39 Å². The molecule has 0 aliphatic rings. The van der Waals surface area contributed by atoms with E-state index in [0.717, 1.165) is 23.5 Å². The molecule has 1 rings (SSSR count). The minimum absolute atomic E-state index is 0.506. The van der Waals surface area contributed by atoms with E-state index in [4.69, 9.17) is 5.73 Å². The molecule has 0 saturated heterocycles. The Labute approximate surface area is 88.6 Å². The zero-order valence-corrected chi connectivity index (χ0v) is 8.57. The summed E-state index contributed by atoms with van der Waals surface area (Å²) in [7, 11) is 0. The van der Waals surface area contributed by atoms with Crippen LogP contribution in [0.3, 0.4) is 0 Å². The van der Waals surface area contributed by atoms with Crippen LogP contribution in [0.1, 0.15) is 11.1 Å². The minimum Gasteiger partial charge on any atom is -0.402 e. The lowest BCUT2D eigenvalue weighted by atomic mass is 10.1. The fraction of sp³-hybridized carbons (Fsp3) is 0.0833. The Morgan fingerprint density at radius 3 is 2.53 bits per heavy atom. The lowest BCUT2D eigenvalue weighted by Crippen LogP contribution is -1.85. The Kier molecular flexibility index (Phi) is 3.80. The molecule has 0 amide bonds. The van der Waals surface area contributed by atoms with E-state index in [0.29, 0.717) is 5.70 Å². The van der Waals surface area contributed by atoms with Crippen LogP contribution >= 0.6 is 0 Å². The summed E-state index contributed by atoms with van der Waals surface area (Å²) in [4.78, 5) is 3.85. The van der Waals surface area contributed by atoms with Crippen molar-refractivity contribution in [2.75, 3.05) is 0 Å². The highest BCUT2D eigenvalue weighted by atomic mass is 19.1. The molecule has 0 saturated carbocycles. The largest absolute Gasteiger partial charge is 0.402 e. The molecule has 0 fully saturated rings. The van der Waals surface area contributed by atoms with Gasteiger partial charge in [0, 0.05) is 6.20 Å². The van der Waals surface area contributed by atoms with Gasteiger partial charge >= 0.3 is 0 Å². The number of aliphatic imine (C=N–C) groups is 1. The number of benzene rings is 1. The molecule has 0 bridgehead atoms. The van der Waals surface area contributed by atoms with Gasteiger partial charge in [-0.2, -0.15) is 0 Å². The minimum atomic E-state index is -0.580. The Bertz CT molecular complexity index is 402. The quantitative estimate of drug-likeness (QED) is 0.755. The van der Waals surface area contributed by atoms with Crippen molar-refractivity contribution in [2.24, 2.45) is 10.7 Å². The zero-order valence-electron chi connectivity index (χ0n) is 8.57. The monoisotopic (exact) mass is 204 g/mol. The third-order valence-electron chi connectivity index (χ3n) is 1.89. The zero-order chi connectivity index (χ0) is 11.3. The molecule has 0 aliphatic carbocycles. The van der Waals surface area contributed by atoms with Crippen LogP contribution in [0.25, 0.3) is 5.70 Å². The highest BCUT2D eigenvalue weighted by Crippen LogP contribution is 2.14.